The SMILES string of the molecule is CC1(C)C(=O)N(C2CCN(C(=O)CCl)CC2)N=C1c1ccc(OC(F)F)c(OCC2CC2)c1. The molecule has 10 heteroatoms. The molecule has 0 atom stereocenters. The lowest BCUT2D eigenvalue weighted by molar-refractivity contribution is -0.139. The molecule has 0 unspecified atom stereocenters. The molecule has 2 heterocycles. The summed E-state index contributed by atoms with van der Waals surface area (Å²) in [6.07, 6.45) is 3.34. The smallest absolute Gasteiger partial charge is 0.387 e. The van der Waals surface area contributed by atoms with Crippen LogP contribution in [0.25, 0.3) is 0 Å². The molecule has 0 spiro atoms. The molecular formula is C23H28ClF2N3O4. The lowest BCUT2D eigenvalue weighted by Crippen LogP contribution is -2.48. The third-order valence-corrected chi connectivity index (χ3v) is 6.65. The number of hydrazone groups is 1. The van der Waals surface area contributed by atoms with E-state index in [9.17, 15) is 18.4 Å². The highest BCUT2D eigenvalue weighted by Gasteiger charge is 2.47. The van der Waals surface area contributed by atoms with E-state index in [-0.39, 0.29) is 35.2 Å². The van der Waals surface area contributed by atoms with Crippen molar-refractivity contribution in [1.82, 2.24) is 9.91 Å². The summed E-state index contributed by atoms with van der Waals surface area (Å²) >= 11 is 5.65. The zero-order valence-corrected chi connectivity index (χ0v) is 19.5. The van der Waals surface area contributed by atoms with E-state index < -0.39 is 12.0 Å². The highest BCUT2D eigenvalue weighted by Crippen LogP contribution is 2.39. The molecule has 0 N–H and O–H groups in total. The Labute approximate surface area is 196 Å². The summed E-state index contributed by atoms with van der Waals surface area (Å²) in [6.45, 7) is 2.11. The van der Waals surface area contributed by atoms with Gasteiger partial charge in [0.15, 0.2) is 11.5 Å². The second kappa shape index (κ2) is 9.44. The third-order valence-electron chi connectivity index (χ3n) is 6.42. The summed E-state index contributed by atoms with van der Waals surface area (Å²) in [6, 6.07) is 4.56. The number of amides is 2. The normalized spacial score (nSPS) is 20.9. The number of carbonyl (C=O) groups is 2. The number of rotatable bonds is 8. The van der Waals surface area contributed by atoms with Crippen molar-refractivity contribution in [2.45, 2.75) is 52.2 Å². The standard InChI is InChI=1S/C23H28ClF2N3O4/c1-23(2)20(27-29(21(23)31)16-7-9-28(10-8-16)19(30)12-24)15-5-6-17(33-22(25)26)18(11-15)32-13-14-3-4-14/h5-6,11,14,16,22H,3-4,7-10,12-13H2,1-2H3. The average Bonchev–Trinajstić information content (AvgIpc) is 3.59. The van der Waals surface area contributed by atoms with Gasteiger partial charge < -0.3 is 14.4 Å². The minimum absolute atomic E-state index is 0.0367. The molecule has 2 aliphatic heterocycles. The topological polar surface area (TPSA) is 71.4 Å². The summed E-state index contributed by atoms with van der Waals surface area (Å²) < 4.78 is 36.1. The number of hydrogen-bond acceptors (Lipinski definition) is 5. The van der Waals surface area contributed by atoms with E-state index in [0.29, 0.717) is 49.7 Å². The molecule has 1 aromatic rings. The molecule has 1 saturated heterocycles. The van der Waals surface area contributed by atoms with Gasteiger partial charge in [-0.3, -0.25) is 9.59 Å². The van der Waals surface area contributed by atoms with Crippen molar-refractivity contribution in [3.8, 4) is 11.5 Å². The Bertz CT molecular complexity index is 944. The first-order valence-corrected chi connectivity index (χ1v) is 11.7. The third kappa shape index (κ3) is 5.08. The molecule has 3 aliphatic rings. The summed E-state index contributed by atoms with van der Waals surface area (Å²) in [4.78, 5) is 26.8. The van der Waals surface area contributed by atoms with E-state index in [1.807, 2.05) is 0 Å². The summed E-state index contributed by atoms with van der Waals surface area (Å²) in [5.41, 5.74) is 0.270. The van der Waals surface area contributed by atoms with E-state index in [2.05, 4.69) is 9.84 Å². The molecule has 33 heavy (non-hydrogen) atoms. The number of alkyl halides is 3. The zero-order valence-electron chi connectivity index (χ0n) is 18.7. The number of carbonyl (C=O) groups excluding carboxylic acids is 2. The van der Waals surface area contributed by atoms with Gasteiger partial charge in [-0.2, -0.15) is 13.9 Å². The van der Waals surface area contributed by atoms with Gasteiger partial charge in [-0.1, -0.05) is 0 Å². The molecule has 1 aromatic carbocycles. The van der Waals surface area contributed by atoms with E-state index >= 15 is 0 Å². The van der Waals surface area contributed by atoms with E-state index in [1.54, 1.807) is 30.9 Å². The number of ether oxygens (including phenoxy) is 2. The lowest BCUT2D eigenvalue weighted by atomic mass is 9.83. The lowest BCUT2D eigenvalue weighted by Gasteiger charge is -2.35. The van der Waals surface area contributed by atoms with Crippen molar-refractivity contribution in [1.29, 1.82) is 0 Å². The Morgan fingerprint density at radius 3 is 2.52 bits per heavy atom. The second-order valence-electron chi connectivity index (χ2n) is 9.26. The molecule has 2 amide bonds. The summed E-state index contributed by atoms with van der Waals surface area (Å²) in [7, 11) is 0. The number of benzene rings is 1. The minimum atomic E-state index is -2.96. The number of halogens is 3. The molecule has 0 bridgehead atoms. The van der Waals surface area contributed by atoms with E-state index in [0.717, 1.165) is 12.8 Å². The highest BCUT2D eigenvalue weighted by atomic mass is 35.5. The Balaban J connectivity index is 1.57. The van der Waals surface area contributed by atoms with Gasteiger partial charge in [0.1, 0.15) is 5.88 Å². The van der Waals surface area contributed by atoms with Crippen LogP contribution in [0.2, 0.25) is 0 Å². The maximum Gasteiger partial charge on any atom is 0.387 e. The van der Waals surface area contributed by atoms with Crippen LogP contribution in [0.4, 0.5) is 8.78 Å². The van der Waals surface area contributed by atoms with E-state index in [4.69, 9.17) is 16.3 Å². The van der Waals surface area contributed by atoms with Crippen molar-refractivity contribution in [3.05, 3.63) is 23.8 Å². The number of likely N-dealkylation sites (tertiary alicyclic amines) is 1. The van der Waals surface area contributed by atoms with Crippen LogP contribution < -0.4 is 9.47 Å². The average molecular weight is 484 g/mol. The Morgan fingerprint density at radius 1 is 1.21 bits per heavy atom. The Hall–Kier alpha value is -2.42. The maximum atomic E-state index is 13.3. The monoisotopic (exact) mass is 483 g/mol. The number of nitrogens with zero attached hydrogens (tertiary/aromatic N) is 3. The van der Waals surface area contributed by atoms with Gasteiger partial charge in [-0.25, -0.2) is 5.01 Å². The quantitative estimate of drug-likeness (QED) is 0.526. The van der Waals surface area contributed by atoms with E-state index in [1.165, 1.54) is 11.1 Å². The molecule has 180 valence electrons. The van der Waals surface area contributed by atoms with Crippen LogP contribution in [-0.2, 0) is 9.59 Å². The number of hydrogen-bond donors (Lipinski definition) is 0. The van der Waals surface area contributed by atoms with Crippen molar-refractivity contribution in [2.24, 2.45) is 16.4 Å². The zero-order chi connectivity index (χ0) is 23.8. The van der Waals surface area contributed by atoms with Crippen LogP contribution in [0, 0.1) is 11.3 Å². The molecule has 7 nitrogen and oxygen atoms in total. The van der Waals surface area contributed by atoms with Gasteiger partial charge in [0.2, 0.25) is 5.91 Å². The van der Waals surface area contributed by atoms with Crippen LogP contribution >= 0.6 is 11.6 Å². The Morgan fingerprint density at radius 2 is 1.91 bits per heavy atom. The predicted octanol–water partition coefficient (Wildman–Crippen LogP) is 3.88. The van der Waals surface area contributed by atoms with Crippen LogP contribution in [-0.4, -0.2) is 65.7 Å². The Kier molecular flexibility index (Phi) is 6.79. The first-order chi connectivity index (χ1) is 15.7. The highest BCUT2D eigenvalue weighted by molar-refractivity contribution is 6.27. The molecular weight excluding hydrogens is 456 g/mol. The fourth-order valence-electron chi connectivity index (χ4n) is 4.23. The van der Waals surface area contributed by atoms with Crippen LogP contribution in [0.3, 0.4) is 0 Å². The van der Waals surface area contributed by atoms with Gasteiger partial charge >= 0.3 is 6.61 Å². The minimum Gasteiger partial charge on any atom is -0.489 e. The fraction of sp³-hybridized carbons (Fsp3) is 0.609. The fourth-order valence-corrected chi connectivity index (χ4v) is 4.40. The predicted molar refractivity (Wildman–Crippen MR) is 119 cm³/mol. The second-order valence-corrected chi connectivity index (χ2v) is 9.53. The molecule has 1 aliphatic carbocycles. The largest absolute Gasteiger partial charge is 0.489 e. The number of piperidine rings is 1. The van der Waals surface area contributed by atoms with Gasteiger partial charge in [0.25, 0.3) is 5.91 Å². The van der Waals surface area contributed by atoms with Crippen LogP contribution in [0.1, 0.15) is 45.1 Å². The van der Waals surface area contributed by atoms with Crippen molar-refractivity contribution < 1.29 is 27.8 Å². The van der Waals surface area contributed by atoms with Crippen LogP contribution in [0.15, 0.2) is 23.3 Å². The summed E-state index contributed by atoms with van der Waals surface area (Å²) in [5.74, 6) is 0.313. The van der Waals surface area contributed by atoms with Gasteiger partial charge in [0, 0.05) is 18.7 Å². The van der Waals surface area contributed by atoms with Gasteiger partial charge in [-0.05, 0) is 63.6 Å². The molecule has 4 rings (SSSR count). The first-order valence-electron chi connectivity index (χ1n) is 11.2. The van der Waals surface area contributed by atoms with Crippen LogP contribution in [0.5, 0.6) is 11.5 Å². The van der Waals surface area contributed by atoms with Gasteiger partial charge in [0.05, 0.1) is 23.8 Å². The molecule has 0 radical (unpaired) electrons. The van der Waals surface area contributed by atoms with Crippen molar-refractivity contribution in [2.75, 3.05) is 25.6 Å². The van der Waals surface area contributed by atoms with Crippen molar-refractivity contribution >= 4 is 29.1 Å². The molecule has 2 fully saturated rings. The molecule has 1 saturated carbocycles. The van der Waals surface area contributed by atoms with Crippen molar-refractivity contribution in [3.63, 3.8) is 0 Å². The first kappa shape index (κ1) is 23.7. The van der Waals surface area contributed by atoms with Gasteiger partial charge in [-0.15, -0.1) is 11.6 Å². The maximum absolute atomic E-state index is 13.3. The molecule has 0 aromatic heterocycles. The summed E-state index contributed by atoms with van der Waals surface area (Å²) in [5, 5.41) is 6.19.